The average molecular weight is 263 g/mol. The molecule has 0 spiro atoms. The molecule has 0 aliphatic rings. The van der Waals surface area contributed by atoms with Gasteiger partial charge in [-0.25, -0.2) is 9.37 Å². The van der Waals surface area contributed by atoms with Crippen molar-refractivity contribution in [2.45, 2.75) is 20.0 Å². The fraction of sp³-hybridized carbons (Fsp3) is 0.357. The van der Waals surface area contributed by atoms with Gasteiger partial charge in [-0.3, -0.25) is 0 Å². The van der Waals surface area contributed by atoms with Crippen LogP contribution in [0.15, 0.2) is 30.6 Å². The minimum atomic E-state index is -0.324. The number of imidazole rings is 1. The molecule has 2 aromatic rings. The van der Waals surface area contributed by atoms with Crippen LogP contribution in [0.1, 0.15) is 11.4 Å². The van der Waals surface area contributed by atoms with E-state index in [1.807, 2.05) is 30.8 Å². The molecule has 5 heteroatoms. The normalized spacial score (nSPS) is 10.7. The average Bonchev–Trinajstić information content (AvgIpc) is 2.78. The van der Waals surface area contributed by atoms with Crippen LogP contribution in [0.25, 0.3) is 0 Å². The summed E-state index contributed by atoms with van der Waals surface area (Å²) in [7, 11) is 1.83. The molecule has 0 bridgehead atoms. The Labute approximate surface area is 112 Å². The molecule has 0 amide bonds. The van der Waals surface area contributed by atoms with E-state index >= 15 is 0 Å². The quantitative estimate of drug-likeness (QED) is 0.867. The van der Waals surface area contributed by atoms with Gasteiger partial charge in [-0.2, -0.15) is 0 Å². The molecule has 0 unspecified atom stereocenters. The molecule has 19 heavy (non-hydrogen) atoms. The molecule has 1 aromatic carbocycles. The number of ether oxygens (including phenoxy) is 1. The van der Waals surface area contributed by atoms with Crippen LogP contribution in [0.5, 0.6) is 5.75 Å². The van der Waals surface area contributed by atoms with Crippen molar-refractivity contribution in [3.63, 3.8) is 0 Å². The van der Waals surface area contributed by atoms with Gasteiger partial charge in [0.1, 0.15) is 12.4 Å². The van der Waals surface area contributed by atoms with Crippen LogP contribution in [0, 0.1) is 12.7 Å². The Morgan fingerprint density at radius 1 is 1.42 bits per heavy atom. The molecule has 1 N–H and O–H groups in total. The van der Waals surface area contributed by atoms with Crippen LogP contribution in [0.4, 0.5) is 4.39 Å². The van der Waals surface area contributed by atoms with Gasteiger partial charge < -0.3 is 14.6 Å². The van der Waals surface area contributed by atoms with E-state index in [2.05, 4.69) is 10.3 Å². The van der Waals surface area contributed by atoms with Crippen molar-refractivity contribution in [2.75, 3.05) is 13.7 Å². The number of hydrogen-bond donors (Lipinski definition) is 1. The molecular weight excluding hydrogens is 245 g/mol. The summed E-state index contributed by atoms with van der Waals surface area (Å²) < 4.78 is 21.2. The van der Waals surface area contributed by atoms with Gasteiger partial charge in [0.25, 0.3) is 0 Å². The second kappa shape index (κ2) is 6.33. The van der Waals surface area contributed by atoms with E-state index in [1.54, 1.807) is 12.3 Å². The third-order valence-corrected chi connectivity index (χ3v) is 2.89. The number of aryl methyl sites for hydroxylation is 1. The van der Waals surface area contributed by atoms with E-state index < -0.39 is 0 Å². The third kappa shape index (κ3) is 3.54. The number of rotatable bonds is 6. The molecule has 0 radical (unpaired) electrons. The van der Waals surface area contributed by atoms with Crippen molar-refractivity contribution in [3.8, 4) is 5.75 Å². The number of halogens is 1. The molecule has 1 heterocycles. The molecule has 102 valence electrons. The summed E-state index contributed by atoms with van der Waals surface area (Å²) in [5.41, 5.74) is 0.901. The van der Waals surface area contributed by atoms with E-state index in [0.29, 0.717) is 19.7 Å². The lowest BCUT2D eigenvalue weighted by Gasteiger charge is -2.10. The molecule has 0 fully saturated rings. The predicted molar refractivity (Wildman–Crippen MR) is 71.6 cm³/mol. The Balaban J connectivity index is 1.91. The molecular formula is C14H18FN3O. The number of hydrogen-bond acceptors (Lipinski definition) is 3. The maximum Gasteiger partial charge on any atom is 0.165 e. The van der Waals surface area contributed by atoms with Gasteiger partial charge in [-0.1, -0.05) is 6.07 Å². The van der Waals surface area contributed by atoms with Crippen LogP contribution >= 0.6 is 0 Å². The molecule has 1 aromatic heterocycles. The molecule has 0 aliphatic carbocycles. The summed E-state index contributed by atoms with van der Waals surface area (Å²) in [4.78, 5) is 4.12. The minimum Gasteiger partial charge on any atom is -0.489 e. The van der Waals surface area contributed by atoms with E-state index in [4.69, 9.17) is 4.74 Å². The predicted octanol–water partition coefficient (Wildman–Crippen LogP) is 2.13. The van der Waals surface area contributed by atoms with Crippen molar-refractivity contribution in [2.24, 2.45) is 0 Å². The van der Waals surface area contributed by atoms with Gasteiger partial charge >= 0.3 is 0 Å². The summed E-state index contributed by atoms with van der Waals surface area (Å²) in [6.07, 6.45) is 3.62. The fourth-order valence-corrected chi connectivity index (χ4v) is 1.87. The van der Waals surface area contributed by atoms with Gasteiger partial charge in [0.15, 0.2) is 11.6 Å². The smallest absolute Gasteiger partial charge is 0.165 e. The Hall–Kier alpha value is -1.88. The zero-order valence-corrected chi connectivity index (χ0v) is 11.2. The van der Waals surface area contributed by atoms with Gasteiger partial charge in [0.05, 0.1) is 6.54 Å². The van der Waals surface area contributed by atoms with E-state index in [1.165, 1.54) is 6.07 Å². The second-order valence-electron chi connectivity index (χ2n) is 4.31. The SMILES string of the molecule is CNCc1ccc(OCCn2ccnc2C)c(F)c1. The van der Waals surface area contributed by atoms with Crippen LogP contribution in [-0.2, 0) is 13.1 Å². The zero-order valence-electron chi connectivity index (χ0n) is 11.2. The van der Waals surface area contributed by atoms with E-state index in [9.17, 15) is 4.39 Å². The summed E-state index contributed by atoms with van der Waals surface area (Å²) in [6.45, 7) is 3.64. The van der Waals surface area contributed by atoms with Crippen LogP contribution < -0.4 is 10.1 Å². The molecule has 4 nitrogen and oxygen atoms in total. The number of nitrogens with one attached hydrogen (secondary N) is 1. The first-order valence-electron chi connectivity index (χ1n) is 6.24. The Morgan fingerprint density at radius 3 is 2.89 bits per heavy atom. The maximum absolute atomic E-state index is 13.7. The van der Waals surface area contributed by atoms with Crippen LogP contribution in [0.3, 0.4) is 0 Å². The Bertz CT molecular complexity index is 539. The highest BCUT2D eigenvalue weighted by Gasteiger charge is 2.05. The lowest BCUT2D eigenvalue weighted by molar-refractivity contribution is 0.283. The van der Waals surface area contributed by atoms with E-state index in [0.717, 1.165) is 11.4 Å². The summed E-state index contributed by atoms with van der Waals surface area (Å²) in [5, 5.41) is 2.98. The first-order chi connectivity index (χ1) is 9.20. The van der Waals surface area contributed by atoms with Gasteiger partial charge in [-0.05, 0) is 31.7 Å². The molecule has 0 saturated heterocycles. The van der Waals surface area contributed by atoms with Gasteiger partial charge in [-0.15, -0.1) is 0 Å². The lowest BCUT2D eigenvalue weighted by atomic mass is 10.2. The number of nitrogens with zero attached hydrogens (tertiary/aromatic N) is 2. The molecule has 0 aliphatic heterocycles. The van der Waals surface area contributed by atoms with Crippen molar-refractivity contribution in [1.29, 1.82) is 0 Å². The van der Waals surface area contributed by atoms with E-state index in [-0.39, 0.29) is 11.6 Å². The monoisotopic (exact) mass is 263 g/mol. The number of benzene rings is 1. The first kappa shape index (κ1) is 13.5. The lowest BCUT2D eigenvalue weighted by Crippen LogP contribution is -2.10. The summed E-state index contributed by atoms with van der Waals surface area (Å²) in [6, 6.07) is 5.02. The van der Waals surface area contributed by atoms with Crippen LogP contribution in [-0.4, -0.2) is 23.2 Å². The second-order valence-corrected chi connectivity index (χ2v) is 4.31. The minimum absolute atomic E-state index is 0.289. The first-order valence-corrected chi connectivity index (χ1v) is 6.24. The summed E-state index contributed by atoms with van der Waals surface area (Å²) in [5.74, 6) is 0.890. The van der Waals surface area contributed by atoms with Crippen molar-refractivity contribution in [1.82, 2.24) is 14.9 Å². The molecule has 0 saturated carbocycles. The molecule has 0 atom stereocenters. The largest absolute Gasteiger partial charge is 0.489 e. The van der Waals surface area contributed by atoms with Crippen molar-refractivity contribution in [3.05, 3.63) is 47.8 Å². The standard InChI is InChI=1S/C14H18FN3O/c1-11-17-5-6-18(11)7-8-19-14-4-3-12(10-16-2)9-13(14)15/h3-6,9,16H,7-8,10H2,1-2H3. The highest BCUT2D eigenvalue weighted by molar-refractivity contribution is 5.29. The van der Waals surface area contributed by atoms with Gasteiger partial charge in [0, 0.05) is 18.9 Å². The number of aromatic nitrogens is 2. The highest BCUT2D eigenvalue weighted by Crippen LogP contribution is 2.18. The summed E-state index contributed by atoms with van der Waals surface area (Å²) >= 11 is 0. The maximum atomic E-state index is 13.7. The van der Waals surface area contributed by atoms with Crippen molar-refractivity contribution < 1.29 is 9.13 Å². The van der Waals surface area contributed by atoms with Crippen molar-refractivity contribution >= 4 is 0 Å². The third-order valence-electron chi connectivity index (χ3n) is 2.89. The topological polar surface area (TPSA) is 39.1 Å². The fourth-order valence-electron chi connectivity index (χ4n) is 1.87. The molecule has 2 rings (SSSR count). The highest BCUT2D eigenvalue weighted by atomic mass is 19.1. The van der Waals surface area contributed by atoms with Crippen LogP contribution in [0.2, 0.25) is 0 Å². The zero-order chi connectivity index (χ0) is 13.7. The Kier molecular flexibility index (Phi) is 4.52. The Morgan fingerprint density at radius 2 is 2.26 bits per heavy atom. The van der Waals surface area contributed by atoms with Gasteiger partial charge in [0.2, 0.25) is 0 Å².